The number of aryl methyl sites for hydroxylation is 1. The van der Waals surface area contributed by atoms with Crippen LogP contribution in [0.3, 0.4) is 0 Å². The fourth-order valence-corrected chi connectivity index (χ4v) is 2.82. The lowest BCUT2D eigenvalue weighted by atomic mass is 9.88. The van der Waals surface area contributed by atoms with Crippen LogP contribution in [0, 0.1) is 6.92 Å². The van der Waals surface area contributed by atoms with Crippen molar-refractivity contribution in [3.63, 3.8) is 0 Å². The van der Waals surface area contributed by atoms with E-state index in [1.54, 1.807) is 6.20 Å². The minimum absolute atomic E-state index is 0.362. The van der Waals surface area contributed by atoms with Crippen molar-refractivity contribution in [3.05, 3.63) is 29.6 Å². The van der Waals surface area contributed by atoms with Gasteiger partial charge in [-0.3, -0.25) is 4.98 Å². The summed E-state index contributed by atoms with van der Waals surface area (Å²) in [6.45, 7) is 3.46. The predicted octanol–water partition coefficient (Wildman–Crippen LogP) is 2.28. The molecule has 1 aliphatic heterocycles. The summed E-state index contributed by atoms with van der Waals surface area (Å²) in [5.41, 5.74) is 10.3. The zero-order valence-electron chi connectivity index (χ0n) is 10.6. The smallest absolute Gasteiger partial charge is 0.172 e. The van der Waals surface area contributed by atoms with Crippen LogP contribution in [-0.2, 0) is 9.47 Å². The molecule has 0 bridgehead atoms. The van der Waals surface area contributed by atoms with Crippen molar-refractivity contribution in [1.82, 2.24) is 4.98 Å². The van der Waals surface area contributed by atoms with Crippen LogP contribution in [0.1, 0.15) is 30.4 Å². The Bertz CT molecular complexity index is 470. The number of ether oxygens (including phenoxy) is 2. The predicted molar refractivity (Wildman–Crippen MR) is 69.8 cm³/mol. The summed E-state index contributed by atoms with van der Waals surface area (Å²) in [5, 5.41) is 0. The molecule has 0 unspecified atom stereocenters. The van der Waals surface area contributed by atoms with Crippen molar-refractivity contribution in [2.75, 3.05) is 18.9 Å². The molecule has 0 amide bonds. The summed E-state index contributed by atoms with van der Waals surface area (Å²) in [6, 6.07) is 0. The fraction of sp³-hybridized carbons (Fsp3) is 0.500. The van der Waals surface area contributed by atoms with Crippen LogP contribution in [0.4, 0.5) is 5.69 Å². The summed E-state index contributed by atoms with van der Waals surface area (Å²) in [5.74, 6) is -0.362. The van der Waals surface area contributed by atoms with Crippen molar-refractivity contribution < 1.29 is 9.47 Å². The zero-order chi connectivity index (χ0) is 12.6. The molecule has 0 radical (unpaired) electrons. The van der Waals surface area contributed by atoms with Gasteiger partial charge in [-0.1, -0.05) is 6.08 Å². The van der Waals surface area contributed by atoms with Gasteiger partial charge in [-0.25, -0.2) is 0 Å². The van der Waals surface area contributed by atoms with Crippen LogP contribution < -0.4 is 5.73 Å². The zero-order valence-corrected chi connectivity index (χ0v) is 10.6. The molecule has 4 nitrogen and oxygen atoms in total. The van der Waals surface area contributed by atoms with Gasteiger partial charge in [0.05, 0.1) is 25.1 Å². The second kappa shape index (κ2) is 4.37. The third-order valence-corrected chi connectivity index (χ3v) is 3.73. The van der Waals surface area contributed by atoms with E-state index in [1.165, 1.54) is 5.57 Å². The number of anilines is 1. The van der Waals surface area contributed by atoms with E-state index in [1.807, 2.05) is 13.1 Å². The lowest BCUT2D eigenvalue weighted by molar-refractivity contribution is -0.159. The molecular formula is C14H18N2O2. The third kappa shape index (κ3) is 1.91. The van der Waals surface area contributed by atoms with Crippen LogP contribution in [-0.4, -0.2) is 24.0 Å². The van der Waals surface area contributed by atoms with Gasteiger partial charge in [0, 0.05) is 24.6 Å². The number of nitrogens with zero attached hydrogens (tertiary/aromatic N) is 1. The molecule has 2 aliphatic rings. The number of nitrogen functional groups attached to an aromatic ring is 1. The highest BCUT2D eigenvalue weighted by molar-refractivity contribution is 5.77. The molecule has 1 spiro atoms. The number of hydrogen-bond donors (Lipinski definition) is 1. The molecule has 1 aromatic rings. The highest BCUT2D eigenvalue weighted by atomic mass is 16.7. The van der Waals surface area contributed by atoms with Crippen LogP contribution >= 0.6 is 0 Å². The molecule has 0 saturated carbocycles. The molecule has 4 heteroatoms. The monoisotopic (exact) mass is 246 g/mol. The maximum atomic E-state index is 6.03. The number of hydrogen-bond acceptors (Lipinski definition) is 4. The molecule has 1 aliphatic carbocycles. The largest absolute Gasteiger partial charge is 0.397 e. The maximum absolute atomic E-state index is 6.03. The first-order valence-electron chi connectivity index (χ1n) is 6.38. The molecule has 18 heavy (non-hydrogen) atoms. The second-order valence-electron chi connectivity index (χ2n) is 4.96. The first kappa shape index (κ1) is 11.7. The Morgan fingerprint density at radius 3 is 2.67 bits per heavy atom. The summed E-state index contributed by atoms with van der Waals surface area (Å²) in [7, 11) is 0. The van der Waals surface area contributed by atoms with E-state index in [9.17, 15) is 0 Å². The van der Waals surface area contributed by atoms with E-state index >= 15 is 0 Å². The van der Waals surface area contributed by atoms with Gasteiger partial charge in [0.2, 0.25) is 0 Å². The molecule has 1 fully saturated rings. The lowest BCUT2D eigenvalue weighted by Gasteiger charge is -2.31. The van der Waals surface area contributed by atoms with Crippen LogP contribution in [0.25, 0.3) is 5.57 Å². The Morgan fingerprint density at radius 2 is 2.06 bits per heavy atom. The normalized spacial score (nSPS) is 22.2. The summed E-state index contributed by atoms with van der Waals surface area (Å²) in [6.07, 6.45) is 8.43. The van der Waals surface area contributed by atoms with Gasteiger partial charge in [-0.05, 0) is 24.5 Å². The molecule has 0 aromatic carbocycles. The molecule has 0 atom stereocenters. The minimum atomic E-state index is -0.362. The molecule has 96 valence electrons. The average Bonchev–Trinajstić information content (AvgIpc) is 2.80. The molecule has 3 rings (SSSR count). The fourth-order valence-electron chi connectivity index (χ4n) is 2.82. The van der Waals surface area contributed by atoms with Gasteiger partial charge in [0.15, 0.2) is 5.79 Å². The quantitative estimate of drug-likeness (QED) is 0.826. The Balaban J connectivity index is 1.88. The Labute approximate surface area is 107 Å². The van der Waals surface area contributed by atoms with E-state index in [4.69, 9.17) is 15.2 Å². The van der Waals surface area contributed by atoms with Crippen molar-refractivity contribution in [3.8, 4) is 0 Å². The topological polar surface area (TPSA) is 57.4 Å². The van der Waals surface area contributed by atoms with Gasteiger partial charge in [0.25, 0.3) is 0 Å². The number of pyridine rings is 1. The number of allylic oxidation sites excluding steroid dienone is 1. The molecular weight excluding hydrogens is 228 g/mol. The van der Waals surface area contributed by atoms with Crippen LogP contribution in [0.5, 0.6) is 0 Å². The maximum Gasteiger partial charge on any atom is 0.172 e. The van der Waals surface area contributed by atoms with E-state index < -0.39 is 0 Å². The summed E-state index contributed by atoms with van der Waals surface area (Å²) < 4.78 is 11.4. The Kier molecular flexibility index (Phi) is 2.84. The lowest BCUT2D eigenvalue weighted by Crippen LogP contribution is -2.31. The van der Waals surface area contributed by atoms with Gasteiger partial charge in [0.1, 0.15) is 0 Å². The molecule has 2 N–H and O–H groups in total. The molecule has 2 heterocycles. The van der Waals surface area contributed by atoms with Crippen molar-refractivity contribution in [2.24, 2.45) is 0 Å². The highest BCUT2D eigenvalue weighted by Gasteiger charge is 2.37. The molecule has 1 aromatic heterocycles. The van der Waals surface area contributed by atoms with Gasteiger partial charge < -0.3 is 15.2 Å². The second-order valence-corrected chi connectivity index (χ2v) is 4.96. The van der Waals surface area contributed by atoms with Gasteiger partial charge >= 0.3 is 0 Å². The van der Waals surface area contributed by atoms with Gasteiger partial charge in [-0.15, -0.1) is 0 Å². The Hall–Kier alpha value is -1.39. The van der Waals surface area contributed by atoms with E-state index in [0.29, 0.717) is 13.2 Å². The van der Waals surface area contributed by atoms with E-state index in [-0.39, 0.29) is 5.79 Å². The highest BCUT2D eigenvalue weighted by Crippen LogP contribution is 2.40. The first-order valence-corrected chi connectivity index (χ1v) is 6.38. The summed E-state index contributed by atoms with van der Waals surface area (Å²) in [4.78, 5) is 4.11. The van der Waals surface area contributed by atoms with E-state index in [2.05, 4.69) is 11.1 Å². The van der Waals surface area contributed by atoms with Crippen molar-refractivity contribution in [2.45, 2.75) is 32.0 Å². The standard InChI is InChI=1S/C14H18N2O2/c1-10-8-16-9-12(15)13(10)11-2-4-14(5-3-11)17-6-7-18-14/h2,8-9H,3-7,15H2,1H3. The Morgan fingerprint density at radius 1 is 1.28 bits per heavy atom. The van der Waals surface area contributed by atoms with Crippen LogP contribution in [0.15, 0.2) is 18.5 Å². The van der Waals surface area contributed by atoms with Gasteiger partial charge in [-0.2, -0.15) is 0 Å². The average molecular weight is 246 g/mol. The number of aromatic nitrogens is 1. The van der Waals surface area contributed by atoms with Crippen LogP contribution in [0.2, 0.25) is 0 Å². The summed E-state index contributed by atoms with van der Waals surface area (Å²) >= 11 is 0. The van der Waals surface area contributed by atoms with E-state index in [0.717, 1.165) is 36.1 Å². The molecule has 1 saturated heterocycles. The number of rotatable bonds is 1. The SMILES string of the molecule is Cc1cncc(N)c1C1=CCC2(CC1)OCCO2. The first-order chi connectivity index (χ1) is 8.70. The number of nitrogens with two attached hydrogens (primary N) is 1. The van der Waals surface area contributed by atoms with Crippen molar-refractivity contribution in [1.29, 1.82) is 0 Å². The third-order valence-electron chi connectivity index (χ3n) is 3.73. The van der Waals surface area contributed by atoms with Crippen molar-refractivity contribution >= 4 is 11.3 Å². The minimum Gasteiger partial charge on any atom is -0.397 e.